The van der Waals surface area contributed by atoms with Crippen LogP contribution >= 0.6 is 11.3 Å². The van der Waals surface area contributed by atoms with Crippen molar-refractivity contribution in [2.24, 2.45) is 0 Å². The van der Waals surface area contributed by atoms with Gasteiger partial charge in [0.25, 0.3) is 0 Å². The second-order valence-electron chi connectivity index (χ2n) is 5.76. The Kier molecular flexibility index (Phi) is 3.88. The predicted octanol–water partition coefficient (Wildman–Crippen LogP) is 3.43. The second-order valence-corrected chi connectivity index (χ2v) is 6.84. The van der Waals surface area contributed by atoms with Gasteiger partial charge in [-0.1, -0.05) is 0 Å². The Balaban J connectivity index is 1.92. The number of benzene rings is 1. The van der Waals surface area contributed by atoms with E-state index in [1.54, 1.807) is 23.5 Å². The molecule has 0 aliphatic heterocycles. The lowest BCUT2D eigenvalue weighted by Gasteiger charge is -2.13. The average Bonchev–Trinajstić information content (AvgIpc) is 3.20. The number of aryl methyl sites for hydroxylation is 2. The maximum Gasteiger partial charge on any atom is 0.348 e. The zero-order valence-electron chi connectivity index (χ0n) is 14.2. The van der Waals surface area contributed by atoms with Gasteiger partial charge in [0.15, 0.2) is 11.5 Å². The highest BCUT2D eigenvalue weighted by Gasteiger charge is 2.23. The first-order valence-corrected chi connectivity index (χ1v) is 8.73. The molecule has 0 radical (unpaired) electrons. The number of rotatable bonds is 4. The summed E-state index contributed by atoms with van der Waals surface area (Å²) >= 11 is 1.58. The molecule has 7 heteroatoms. The maximum atomic E-state index is 12.5. The Hall–Kier alpha value is -2.54. The molecule has 2 heterocycles. The predicted molar refractivity (Wildman–Crippen MR) is 95.3 cm³/mol. The number of nitrogens with zero attached hydrogens (tertiary/aromatic N) is 1. The highest BCUT2D eigenvalue weighted by atomic mass is 32.1. The van der Waals surface area contributed by atoms with Crippen molar-refractivity contribution < 1.29 is 18.6 Å². The standard InChI is InChI=1S/C18H17NO5S/c1-21-11-7-9(8-12(22-2)15(11)23-3)16-19-17-14(18(20)24-16)10-5-4-6-13(10)25-17/h7-8H,4-6H2,1-3H3. The topological polar surface area (TPSA) is 70.8 Å². The summed E-state index contributed by atoms with van der Waals surface area (Å²) < 4.78 is 21.6. The molecule has 0 saturated carbocycles. The van der Waals surface area contributed by atoms with Gasteiger partial charge < -0.3 is 18.6 Å². The molecule has 130 valence electrons. The van der Waals surface area contributed by atoms with Gasteiger partial charge in [0.05, 0.1) is 21.3 Å². The molecule has 4 rings (SSSR count). The van der Waals surface area contributed by atoms with E-state index in [4.69, 9.17) is 18.6 Å². The normalized spacial score (nSPS) is 13.1. The van der Waals surface area contributed by atoms with Gasteiger partial charge in [-0.05, 0) is 37.0 Å². The first kappa shape index (κ1) is 16.0. The first-order chi connectivity index (χ1) is 12.2. The number of fused-ring (bicyclic) bond motifs is 3. The Morgan fingerprint density at radius 3 is 2.44 bits per heavy atom. The van der Waals surface area contributed by atoms with Crippen LogP contribution in [-0.4, -0.2) is 26.3 Å². The Labute approximate surface area is 148 Å². The Bertz CT molecular complexity index is 995. The average molecular weight is 359 g/mol. The van der Waals surface area contributed by atoms with Crippen LogP contribution in [0.5, 0.6) is 17.2 Å². The van der Waals surface area contributed by atoms with Crippen LogP contribution in [0.1, 0.15) is 16.9 Å². The summed E-state index contributed by atoms with van der Waals surface area (Å²) in [6.07, 6.45) is 3.02. The van der Waals surface area contributed by atoms with Crippen molar-refractivity contribution in [1.29, 1.82) is 0 Å². The molecule has 25 heavy (non-hydrogen) atoms. The molecule has 1 aliphatic carbocycles. The zero-order valence-corrected chi connectivity index (χ0v) is 15.0. The second kappa shape index (κ2) is 6.07. The largest absolute Gasteiger partial charge is 0.493 e. The van der Waals surface area contributed by atoms with E-state index in [0.29, 0.717) is 28.2 Å². The Morgan fingerprint density at radius 2 is 1.80 bits per heavy atom. The van der Waals surface area contributed by atoms with Crippen molar-refractivity contribution in [2.75, 3.05) is 21.3 Å². The van der Waals surface area contributed by atoms with Crippen LogP contribution in [0.4, 0.5) is 0 Å². The van der Waals surface area contributed by atoms with E-state index in [0.717, 1.165) is 29.7 Å². The quantitative estimate of drug-likeness (QED) is 0.711. The van der Waals surface area contributed by atoms with Crippen LogP contribution < -0.4 is 19.8 Å². The van der Waals surface area contributed by atoms with Crippen LogP contribution in [0.2, 0.25) is 0 Å². The smallest absolute Gasteiger partial charge is 0.348 e. The lowest BCUT2D eigenvalue weighted by atomic mass is 10.1. The molecule has 0 bridgehead atoms. The van der Waals surface area contributed by atoms with Gasteiger partial charge in [0, 0.05) is 10.4 Å². The van der Waals surface area contributed by atoms with Crippen LogP contribution in [-0.2, 0) is 12.8 Å². The molecule has 0 amide bonds. The molecule has 6 nitrogen and oxygen atoms in total. The van der Waals surface area contributed by atoms with Crippen LogP contribution in [0.25, 0.3) is 21.7 Å². The van der Waals surface area contributed by atoms with Crippen molar-refractivity contribution in [3.05, 3.63) is 33.0 Å². The first-order valence-electron chi connectivity index (χ1n) is 7.92. The number of ether oxygens (including phenoxy) is 3. The summed E-state index contributed by atoms with van der Waals surface area (Å²) in [4.78, 5) is 19.1. The maximum absolute atomic E-state index is 12.5. The molecular formula is C18H17NO5S. The van der Waals surface area contributed by atoms with Gasteiger partial charge in [-0.25, -0.2) is 9.78 Å². The molecule has 2 aromatic heterocycles. The molecule has 3 aromatic rings. The van der Waals surface area contributed by atoms with Crippen LogP contribution in [0, 0.1) is 0 Å². The third kappa shape index (κ3) is 2.46. The lowest BCUT2D eigenvalue weighted by Crippen LogP contribution is -2.03. The fourth-order valence-corrected chi connectivity index (χ4v) is 4.51. The van der Waals surface area contributed by atoms with Gasteiger partial charge in [-0.15, -0.1) is 11.3 Å². The summed E-state index contributed by atoms with van der Waals surface area (Å²) in [5, 5.41) is 0.633. The van der Waals surface area contributed by atoms with Gasteiger partial charge in [0.1, 0.15) is 10.2 Å². The minimum atomic E-state index is -0.340. The molecule has 0 atom stereocenters. The molecular weight excluding hydrogens is 342 g/mol. The van der Waals surface area contributed by atoms with E-state index in [9.17, 15) is 4.79 Å². The highest BCUT2D eigenvalue weighted by molar-refractivity contribution is 7.18. The van der Waals surface area contributed by atoms with Gasteiger partial charge in [-0.2, -0.15) is 0 Å². The van der Waals surface area contributed by atoms with Crippen molar-refractivity contribution in [1.82, 2.24) is 4.98 Å². The fraction of sp³-hybridized carbons (Fsp3) is 0.333. The summed E-state index contributed by atoms with van der Waals surface area (Å²) in [5.74, 6) is 1.69. The van der Waals surface area contributed by atoms with Gasteiger partial charge in [-0.3, -0.25) is 0 Å². The molecule has 0 unspecified atom stereocenters. The summed E-state index contributed by atoms with van der Waals surface area (Å²) in [7, 11) is 4.62. The number of aromatic nitrogens is 1. The van der Waals surface area contributed by atoms with E-state index in [2.05, 4.69) is 4.98 Å². The SMILES string of the molecule is COc1cc(-c2nc3sc4c(c3c(=O)o2)CCC4)cc(OC)c1OC. The highest BCUT2D eigenvalue weighted by Crippen LogP contribution is 2.41. The van der Waals surface area contributed by atoms with Crippen LogP contribution in [0.15, 0.2) is 21.3 Å². The zero-order chi connectivity index (χ0) is 17.6. The summed E-state index contributed by atoms with van der Waals surface area (Å²) in [6.45, 7) is 0. The molecule has 1 aliphatic rings. The van der Waals surface area contributed by atoms with Crippen molar-refractivity contribution >= 4 is 21.6 Å². The number of methoxy groups -OCH3 is 3. The molecule has 0 saturated heterocycles. The third-order valence-corrected chi connectivity index (χ3v) is 5.60. The third-order valence-electron chi connectivity index (χ3n) is 4.41. The molecule has 1 aromatic carbocycles. The minimum Gasteiger partial charge on any atom is -0.493 e. The minimum absolute atomic E-state index is 0.247. The van der Waals surface area contributed by atoms with E-state index >= 15 is 0 Å². The van der Waals surface area contributed by atoms with E-state index in [1.807, 2.05) is 0 Å². The van der Waals surface area contributed by atoms with Gasteiger partial charge >= 0.3 is 5.63 Å². The number of thiophene rings is 1. The molecule has 0 N–H and O–H groups in total. The molecule has 0 fully saturated rings. The monoisotopic (exact) mass is 359 g/mol. The van der Waals surface area contributed by atoms with E-state index in [-0.39, 0.29) is 11.5 Å². The number of hydrogen-bond acceptors (Lipinski definition) is 7. The Morgan fingerprint density at radius 1 is 1.08 bits per heavy atom. The van der Waals surface area contributed by atoms with E-state index in [1.165, 1.54) is 26.2 Å². The van der Waals surface area contributed by atoms with Crippen molar-refractivity contribution in [3.8, 4) is 28.7 Å². The summed E-state index contributed by atoms with van der Waals surface area (Å²) in [5.41, 5.74) is 1.37. The summed E-state index contributed by atoms with van der Waals surface area (Å²) in [6, 6.07) is 3.44. The lowest BCUT2D eigenvalue weighted by molar-refractivity contribution is 0.324. The van der Waals surface area contributed by atoms with Crippen molar-refractivity contribution in [2.45, 2.75) is 19.3 Å². The fourth-order valence-electron chi connectivity index (χ4n) is 3.26. The number of hydrogen-bond donors (Lipinski definition) is 0. The van der Waals surface area contributed by atoms with E-state index < -0.39 is 0 Å². The van der Waals surface area contributed by atoms with Crippen LogP contribution in [0.3, 0.4) is 0 Å². The van der Waals surface area contributed by atoms with Gasteiger partial charge in [0.2, 0.25) is 11.6 Å². The molecule has 0 spiro atoms. The van der Waals surface area contributed by atoms with Crippen molar-refractivity contribution in [3.63, 3.8) is 0 Å².